The Labute approximate surface area is 334 Å². The van der Waals surface area contributed by atoms with E-state index in [0.717, 1.165) is 5.92 Å². The molecular formula is C47H54Cl2SiZr. The van der Waals surface area contributed by atoms with Crippen molar-refractivity contribution in [3.63, 3.8) is 0 Å². The van der Waals surface area contributed by atoms with Gasteiger partial charge in [0.1, 0.15) is 0 Å². The smallest absolute Gasteiger partial charge is 1.00 e. The largest absolute Gasteiger partial charge is 1.00 e. The van der Waals surface area contributed by atoms with Crippen LogP contribution in [0.3, 0.4) is 0 Å². The second-order valence-electron chi connectivity index (χ2n) is 17.7. The van der Waals surface area contributed by atoms with Crippen LogP contribution in [0.5, 0.6) is 0 Å². The van der Waals surface area contributed by atoms with Gasteiger partial charge >= 0.3 is 312 Å². The third-order valence-corrected chi connectivity index (χ3v) is 21.8. The van der Waals surface area contributed by atoms with Crippen LogP contribution in [0.4, 0.5) is 0 Å². The maximum atomic E-state index is 2.59. The molecule has 4 aliphatic rings. The number of halogens is 2. The van der Waals surface area contributed by atoms with E-state index in [1.807, 2.05) is 10.4 Å². The molecule has 3 aliphatic carbocycles. The summed E-state index contributed by atoms with van der Waals surface area (Å²) >= 11 is -0.925. The quantitative estimate of drug-likeness (QED) is 0.196. The fraction of sp³-hybridized carbons (Fsp3) is 0.404. The molecular weight excluding hydrogens is 755 g/mol. The average Bonchev–Trinajstić information content (AvgIpc) is 3.55. The van der Waals surface area contributed by atoms with Crippen molar-refractivity contribution in [2.24, 2.45) is 5.92 Å². The van der Waals surface area contributed by atoms with Gasteiger partial charge in [0.25, 0.3) is 0 Å². The van der Waals surface area contributed by atoms with Gasteiger partial charge in [-0.05, 0) is 0 Å². The fourth-order valence-electron chi connectivity index (χ4n) is 9.81. The van der Waals surface area contributed by atoms with Crippen LogP contribution in [0.15, 0.2) is 96.1 Å². The van der Waals surface area contributed by atoms with Gasteiger partial charge in [0.15, 0.2) is 0 Å². The summed E-state index contributed by atoms with van der Waals surface area (Å²) < 4.78 is 1.34. The maximum absolute atomic E-state index is 2.59. The summed E-state index contributed by atoms with van der Waals surface area (Å²) in [5, 5.41) is 3.70. The van der Waals surface area contributed by atoms with Gasteiger partial charge in [0, 0.05) is 0 Å². The number of hydrogen-bond acceptors (Lipinski definition) is 0. The molecule has 0 aromatic heterocycles. The molecule has 0 radical (unpaired) electrons. The van der Waals surface area contributed by atoms with Gasteiger partial charge in [0.05, 0.1) is 0 Å². The van der Waals surface area contributed by atoms with Crippen molar-refractivity contribution < 1.29 is 48.0 Å². The molecule has 1 aliphatic heterocycles. The van der Waals surface area contributed by atoms with Crippen LogP contribution in [-0.2, 0) is 34.1 Å². The van der Waals surface area contributed by atoms with Gasteiger partial charge in [-0.15, -0.1) is 0 Å². The summed E-state index contributed by atoms with van der Waals surface area (Å²) in [6.45, 7) is 19.2. The summed E-state index contributed by atoms with van der Waals surface area (Å²) in [5.74, 6) is 0.867. The zero-order chi connectivity index (χ0) is 34.2. The Morgan fingerprint density at radius 1 is 0.569 bits per heavy atom. The second-order valence-corrected chi connectivity index (χ2v) is 24.1. The van der Waals surface area contributed by atoms with E-state index >= 15 is 0 Å². The van der Waals surface area contributed by atoms with E-state index in [9.17, 15) is 0 Å². The van der Waals surface area contributed by atoms with Gasteiger partial charge in [0.2, 0.25) is 0 Å². The Kier molecular flexibility index (Phi) is 11.2. The van der Waals surface area contributed by atoms with Gasteiger partial charge in [-0.3, -0.25) is 0 Å². The van der Waals surface area contributed by atoms with E-state index in [2.05, 4.69) is 140 Å². The van der Waals surface area contributed by atoms with E-state index in [4.69, 9.17) is 0 Å². The van der Waals surface area contributed by atoms with E-state index < -0.39 is 32.0 Å². The fourth-order valence-corrected chi connectivity index (χ4v) is 20.2. The summed E-state index contributed by atoms with van der Waals surface area (Å²) in [5.41, 5.74) is 19.3. The zero-order valence-corrected chi connectivity index (χ0v) is 37.0. The Hall–Kier alpha value is -1.96. The molecule has 2 atom stereocenters. The topological polar surface area (TPSA) is 0 Å². The molecule has 0 amide bonds. The van der Waals surface area contributed by atoms with Crippen molar-refractivity contribution in [3.8, 4) is 22.3 Å². The van der Waals surface area contributed by atoms with Crippen LogP contribution in [0.2, 0.25) is 6.04 Å². The molecule has 1 saturated carbocycles. The van der Waals surface area contributed by atoms with Gasteiger partial charge in [-0.25, -0.2) is 0 Å². The normalized spacial score (nSPS) is 21.1. The molecule has 2 unspecified atom stereocenters. The molecule has 0 saturated heterocycles. The minimum absolute atomic E-state index is 0. The van der Waals surface area contributed by atoms with E-state index in [1.165, 1.54) is 71.5 Å². The van der Waals surface area contributed by atoms with Crippen LogP contribution in [0.1, 0.15) is 128 Å². The average molecular weight is 809 g/mol. The van der Waals surface area contributed by atoms with E-state index in [0.29, 0.717) is 7.25 Å². The van der Waals surface area contributed by atoms with Crippen LogP contribution >= 0.6 is 0 Å². The monoisotopic (exact) mass is 806 g/mol. The molecule has 4 aromatic rings. The number of benzene rings is 4. The van der Waals surface area contributed by atoms with Crippen LogP contribution in [0, 0.1) is 5.92 Å². The molecule has 1 heterocycles. The predicted molar refractivity (Wildman–Crippen MR) is 210 cm³/mol. The molecule has 4 heteroatoms. The summed E-state index contributed by atoms with van der Waals surface area (Å²) in [4.78, 5) is 0. The number of hydrogen-bond donors (Lipinski definition) is 0. The second kappa shape index (κ2) is 14.7. The van der Waals surface area contributed by atoms with Crippen molar-refractivity contribution in [2.75, 3.05) is 0 Å². The molecule has 0 spiro atoms. The predicted octanol–water partition coefficient (Wildman–Crippen LogP) is 6.96. The van der Waals surface area contributed by atoms with E-state index in [1.54, 1.807) is 33.4 Å². The van der Waals surface area contributed by atoms with Crippen molar-refractivity contribution >= 4 is 19.2 Å². The molecule has 264 valence electrons. The van der Waals surface area contributed by atoms with Crippen molar-refractivity contribution in [1.29, 1.82) is 0 Å². The first kappa shape index (κ1) is 38.8. The minimum Gasteiger partial charge on any atom is -1.00 e. The minimum atomic E-state index is -1.60. The van der Waals surface area contributed by atoms with Crippen LogP contribution < -0.4 is 24.8 Å². The van der Waals surface area contributed by atoms with Crippen molar-refractivity contribution in [2.45, 2.75) is 112 Å². The molecule has 1 fully saturated rings. The van der Waals surface area contributed by atoms with Gasteiger partial charge < -0.3 is 24.8 Å². The standard InChI is InChI=1S/C47H54Si.2ClH.Zr/c1-31-28-36-16-12-18-40(34-20-24-38(25-21-34)46(3,4)5)42(36)44(31)48(30-33-14-10-9-11-15-33)45-32(2)29-37-17-13-19-41(43(37)45)35-22-26-39(27-23-35)47(6,7)8;;;/h12-13,16-29,33,48H,9-11,14-15,30H2,1-8H3;2*1H;/q;;;+2/p-2. The maximum Gasteiger partial charge on any atom is -1.00 e. The zero-order valence-electron chi connectivity index (χ0n) is 31.9. The molecule has 4 bridgehead atoms. The summed E-state index contributed by atoms with van der Waals surface area (Å²) in [6, 6.07) is 35.5. The van der Waals surface area contributed by atoms with Crippen molar-refractivity contribution in [3.05, 3.63) is 129 Å². The SMILES string of the molecule is CC1=C2c3c(-c4ccc(C(C)(C)C)cc4)cccc3[CH]1[Zr+2][CH]1C(C)=C(c3c(-c4ccc(C(C)(C)C)cc4)cccc31)[SiH]2CC1CCCCC1.[Cl-].[Cl-]. The first-order valence-electron chi connectivity index (χ1n) is 19.1. The molecule has 0 nitrogen and oxygen atoms in total. The first-order chi connectivity index (χ1) is 23.4. The van der Waals surface area contributed by atoms with Crippen LogP contribution in [0.25, 0.3) is 32.6 Å². The summed E-state index contributed by atoms with van der Waals surface area (Å²) in [6.07, 6.45) is 7.13. The van der Waals surface area contributed by atoms with Crippen molar-refractivity contribution in [1.82, 2.24) is 0 Å². The molecule has 51 heavy (non-hydrogen) atoms. The molecule has 0 N–H and O–H groups in total. The Morgan fingerprint density at radius 2 is 0.980 bits per heavy atom. The summed E-state index contributed by atoms with van der Waals surface area (Å²) in [7, 11) is -1.60. The van der Waals surface area contributed by atoms with Gasteiger partial charge in [-0.2, -0.15) is 0 Å². The third-order valence-electron chi connectivity index (χ3n) is 12.5. The van der Waals surface area contributed by atoms with Crippen LogP contribution in [-0.4, -0.2) is 8.80 Å². The number of fused-ring (bicyclic) bond motifs is 8. The Bertz CT molecular complexity index is 1850. The third kappa shape index (κ3) is 6.84. The van der Waals surface area contributed by atoms with Gasteiger partial charge in [-0.1, -0.05) is 0 Å². The number of rotatable bonds is 4. The first-order valence-corrected chi connectivity index (χ1v) is 23.9. The van der Waals surface area contributed by atoms with E-state index in [-0.39, 0.29) is 35.6 Å². The molecule has 8 rings (SSSR count). The number of allylic oxidation sites excluding steroid dienone is 2. The Morgan fingerprint density at radius 3 is 1.37 bits per heavy atom. The molecule has 4 aromatic carbocycles. The Balaban J connectivity index is 0.00000224.